The van der Waals surface area contributed by atoms with E-state index in [1.54, 1.807) is 17.0 Å². The van der Waals surface area contributed by atoms with Gasteiger partial charge in [-0.25, -0.2) is 0 Å². The molecule has 0 N–H and O–H groups in total. The van der Waals surface area contributed by atoms with Crippen LogP contribution in [-0.4, -0.2) is 47.8 Å². The van der Waals surface area contributed by atoms with Gasteiger partial charge in [0.25, 0.3) is 11.8 Å². The van der Waals surface area contributed by atoms with Crippen LogP contribution in [0.25, 0.3) is 0 Å². The van der Waals surface area contributed by atoms with E-state index in [1.807, 2.05) is 36.1 Å². The molecule has 0 unspecified atom stereocenters. The van der Waals surface area contributed by atoms with E-state index in [0.29, 0.717) is 31.9 Å². The summed E-state index contributed by atoms with van der Waals surface area (Å²) in [5, 5.41) is 0. The standard InChI is InChI=1S/C18H20N2O3/c1-14-6-2-3-7-15(14)17(21)19-9-5-10-20(12-11-19)18(22)16-8-4-13-23-16/h2-4,6-8,13H,5,9-12H2,1H3. The molecular weight excluding hydrogens is 292 g/mol. The minimum Gasteiger partial charge on any atom is -0.459 e. The van der Waals surface area contributed by atoms with E-state index in [1.165, 1.54) is 6.26 Å². The van der Waals surface area contributed by atoms with Crippen LogP contribution in [-0.2, 0) is 0 Å². The molecule has 1 aromatic carbocycles. The molecule has 2 amide bonds. The molecule has 5 nitrogen and oxygen atoms in total. The van der Waals surface area contributed by atoms with E-state index < -0.39 is 0 Å². The van der Waals surface area contributed by atoms with Gasteiger partial charge in [0.2, 0.25) is 0 Å². The summed E-state index contributed by atoms with van der Waals surface area (Å²) in [5.41, 5.74) is 1.71. The molecule has 2 heterocycles. The van der Waals surface area contributed by atoms with Crippen molar-refractivity contribution in [3.05, 3.63) is 59.5 Å². The van der Waals surface area contributed by atoms with Gasteiger partial charge in [-0.05, 0) is 37.1 Å². The maximum atomic E-state index is 12.7. The highest BCUT2D eigenvalue weighted by molar-refractivity contribution is 5.96. The molecule has 1 saturated heterocycles. The molecule has 1 fully saturated rings. The Morgan fingerprint density at radius 3 is 2.26 bits per heavy atom. The Hall–Kier alpha value is -2.56. The summed E-state index contributed by atoms with van der Waals surface area (Å²) in [5.74, 6) is 0.277. The average molecular weight is 312 g/mol. The van der Waals surface area contributed by atoms with Gasteiger partial charge in [-0.3, -0.25) is 9.59 Å². The lowest BCUT2D eigenvalue weighted by molar-refractivity contribution is 0.0700. The average Bonchev–Trinajstić information content (AvgIpc) is 2.98. The van der Waals surface area contributed by atoms with Crippen LogP contribution in [0, 0.1) is 6.92 Å². The van der Waals surface area contributed by atoms with Crippen molar-refractivity contribution in [1.29, 1.82) is 0 Å². The van der Waals surface area contributed by atoms with Gasteiger partial charge in [0.05, 0.1) is 6.26 Å². The Morgan fingerprint density at radius 2 is 1.61 bits per heavy atom. The van der Waals surface area contributed by atoms with Gasteiger partial charge >= 0.3 is 0 Å². The monoisotopic (exact) mass is 312 g/mol. The van der Waals surface area contributed by atoms with Crippen molar-refractivity contribution in [3.63, 3.8) is 0 Å². The number of carbonyl (C=O) groups is 2. The molecule has 1 aliphatic heterocycles. The molecule has 1 aliphatic rings. The van der Waals surface area contributed by atoms with Crippen molar-refractivity contribution < 1.29 is 14.0 Å². The fourth-order valence-electron chi connectivity index (χ4n) is 2.86. The molecule has 0 aliphatic carbocycles. The molecule has 23 heavy (non-hydrogen) atoms. The smallest absolute Gasteiger partial charge is 0.289 e. The number of amides is 2. The third kappa shape index (κ3) is 3.28. The number of aryl methyl sites for hydroxylation is 1. The highest BCUT2D eigenvalue weighted by Gasteiger charge is 2.25. The SMILES string of the molecule is Cc1ccccc1C(=O)N1CCCN(C(=O)c2ccco2)CC1. The maximum Gasteiger partial charge on any atom is 0.289 e. The molecule has 0 atom stereocenters. The predicted molar refractivity (Wildman–Crippen MR) is 86.3 cm³/mol. The number of rotatable bonds is 2. The molecule has 2 aromatic rings. The highest BCUT2D eigenvalue weighted by Crippen LogP contribution is 2.14. The molecule has 0 spiro atoms. The van der Waals surface area contributed by atoms with E-state index in [2.05, 4.69) is 0 Å². The normalized spacial score (nSPS) is 15.3. The summed E-state index contributed by atoms with van der Waals surface area (Å²) < 4.78 is 5.18. The third-order valence-corrected chi connectivity index (χ3v) is 4.18. The Kier molecular flexibility index (Phi) is 4.46. The zero-order valence-electron chi connectivity index (χ0n) is 13.2. The van der Waals surface area contributed by atoms with E-state index in [4.69, 9.17) is 4.42 Å². The topological polar surface area (TPSA) is 53.8 Å². The summed E-state index contributed by atoms with van der Waals surface area (Å²) >= 11 is 0. The molecule has 0 saturated carbocycles. The van der Waals surface area contributed by atoms with Gasteiger partial charge < -0.3 is 14.2 Å². The van der Waals surface area contributed by atoms with Crippen molar-refractivity contribution in [2.75, 3.05) is 26.2 Å². The lowest BCUT2D eigenvalue weighted by Crippen LogP contribution is -2.37. The largest absolute Gasteiger partial charge is 0.459 e. The van der Waals surface area contributed by atoms with Gasteiger partial charge in [0.15, 0.2) is 5.76 Å². The highest BCUT2D eigenvalue weighted by atomic mass is 16.3. The van der Waals surface area contributed by atoms with E-state index >= 15 is 0 Å². The third-order valence-electron chi connectivity index (χ3n) is 4.18. The molecule has 1 aromatic heterocycles. The summed E-state index contributed by atoms with van der Waals surface area (Å²) in [6, 6.07) is 11.0. The Bertz CT molecular complexity index is 694. The van der Waals surface area contributed by atoms with Crippen LogP contribution >= 0.6 is 0 Å². The van der Waals surface area contributed by atoms with E-state index in [-0.39, 0.29) is 11.8 Å². The van der Waals surface area contributed by atoms with Crippen molar-refractivity contribution in [2.45, 2.75) is 13.3 Å². The summed E-state index contributed by atoms with van der Waals surface area (Å²) in [6.07, 6.45) is 2.27. The van der Waals surface area contributed by atoms with Crippen molar-refractivity contribution >= 4 is 11.8 Å². The number of benzene rings is 1. The van der Waals surface area contributed by atoms with Crippen LogP contribution in [0.5, 0.6) is 0 Å². The molecule has 0 bridgehead atoms. The number of carbonyl (C=O) groups excluding carboxylic acids is 2. The number of hydrogen-bond acceptors (Lipinski definition) is 3. The second-order valence-corrected chi connectivity index (χ2v) is 5.73. The molecule has 120 valence electrons. The van der Waals surface area contributed by atoms with Crippen LogP contribution in [0.2, 0.25) is 0 Å². The number of nitrogens with zero attached hydrogens (tertiary/aromatic N) is 2. The fourth-order valence-corrected chi connectivity index (χ4v) is 2.86. The Balaban J connectivity index is 1.68. The van der Waals surface area contributed by atoms with E-state index in [9.17, 15) is 9.59 Å². The van der Waals surface area contributed by atoms with Gasteiger partial charge in [-0.15, -0.1) is 0 Å². The van der Waals surface area contributed by atoms with Crippen molar-refractivity contribution in [2.24, 2.45) is 0 Å². The lowest BCUT2D eigenvalue weighted by Gasteiger charge is -2.22. The second-order valence-electron chi connectivity index (χ2n) is 5.73. The summed E-state index contributed by atoms with van der Waals surface area (Å²) in [6.45, 7) is 4.31. The van der Waals surface area contributed by atoms with Gasteiger partial charge in [-0.1, -0.05) is 18.2 Å². The maximum absolute atomic E-state index is 12.7. The quantitative estimate of drug-likeness (QED) is 0.856. The minimum atomic E-state index is -0.111. The van der Waals surface area contributed by atoms with Gasteiger partial charge in [-0.2, -0.15) is 0 Å². The first-order valence-electron chi connectivity index (χ1n) is 7.84. The first-order valence-corrected chi connectivity index (χ1v) is 7.84. The van der Waals surface area contributed by atoms with Crippen LogP contribution in [0.4, 0.5) is 0 Å². The van der Waals surface area contributed by atoms with Crippen LogP contribution < -0.4 is 0 Å². The number of hydrogen-bond donors (Lipinski definition) is 0. The molecule has 3 rings (SSSR count). The molecule has 0 radical (unpaired) electrons. The van der Waals surface area contributed by atoms with Crippen molar-refractivity contribution in [3.8, 4) is 0 Å². The predicted octanol–water partition coefficient (Wildman–Crippen LogP) is 2.58. The fraction of sp³-hybridized carbons (Fsp3) is 0.333. The first kappa shape index (κ1) is 15.3. The van der Waals surface area contributed by atoms with E-state index in [0.717, 1.165) is 17.5 Å². The zero-order chi connectivity index (χ0) is 16.2. The minimum absolute atomic E-state index is 0.0374. The van der Waals surface area contributed by atoms with Gasteiger partial charge in [0.1, 0.15) is 0 Å². The Morgan fingerprint density at radius 1 is 0.913 bits per heavy atom. The van der Waals surface area contributed by atoms with Gasteiger partial charge in [0, 0.05) is 31.7 Å². The zero-order valence-corrected chi connectivity index (χ0v) is 13.2. The Labute approximate surface area is 135 Å². The number of furan rings is 1. The van der Waals surface area contributed by atoms with Crippen LogP contribution in [0.1, 0.15) is 32.9 Å². The molecular formula is C18H20N2O3. The second kappa shape index (κ2) is 6.69. The first-order chi connectivity index (χ1) is 11.2. The van der Waals surface area contributed by atoms with Crippen molar-refractivity contribution in [1.82, 2.24) is 9.80 Å². The lowest BCUT2D eigenvalue weighted by atomic mass is 10.1. The summed E-state index contributed by atoms with van der Waals surface area (Å²) in [4.78, 5) is 28.6. The van der Waals surface area contributed by atoms with Crippen LogP contribution in [0.15, 0.2) is 47.1 Å². The molecule has 5 heteroatoms. The summed E-state index contributed by atoms with van der Waals surface area (Å²) in [7, 11) is 0. The van der Waals surface area contributed by atoms with Crippen LogP contribution in [0.3, 0.4) is 0 Å².